The second kappa shape index (κ2) is 14.3. The summed E-state index contributed by atoms with van der Waals surface area (Å²) in [6, 6.07) is 8.79. The van der Waals surface area contributed by atoms with E-state index in [9.17, 15) is 0 Å². The van der Waals surface area contributed by atoms with Gasteiger partial charge in [-0.2, -0.15) is 0 Å². The van der Waals surface area contributed by atoms with Crippen LogP contribution in [-0.2, 0) is 19.4 Å². The fraction of sp³-hybridized carbons (Fsp3) is 0.609. The maximum atomic E-state index is 5.24. The van der Waals surface area contributed by atoms with Crippen LogP contribution in [0.5, 0.6) is 5.75 Å². The number of nitrogens with zero attached hydrogens (tertiary/aromatic N) is 5. The number of ether oxygens (including phenoxy) is 1. The van der Waals surface area contributed by atoms with Crippen LogP contribution in [0.1, 0.15) is 38.1 Å². The van der Waals surface area contributed by atoms with Gasteiger partial charge in [-0.3, -0.25) is 9.89 Å². The highest BCUT2D eigenvalue weighted by molar-refractivity contribution is 14.0. The fourth-order valence-electron chi connectivity index (χ4n) is 4.04. The van der Waals surface area contributed by atoms with Gasteiger partial charge in [-0.1, -0.05) is 26.0 Å². The molecule has 2 aromatic rings. The molecule has 0 amide bonds. The number of methoxy groups -OCH3 is 1. The quantitative estimate of drug-likeness (QED) is 0.252. The number of halogens is 1. The third-order valence-corrected chi connectivity index (χ3v) is 5.89. The molecule has 1 saturated heterocycles. The molecule has 1 unspecified atom stereocenters. The van der Waals surface area contributed by atoms with Crippen molar-refractivity contribution in [3.05, 3.63) is 42.0 Å². The van der Waals surface area contributed by atoms with Crippen LogP contribution in [0.15, 0.2) is 35.6 Å². The first-order valence-electron chi connectivity index (χ1n) is 11.5. The van der Waals surface area contributed by atoms with Crippen molar-refractivity contribution in [3.8, 4) is 5.75 Å². The molecule has 1 aliphatic rings. The minimum atomic E-state index is 0. The Morgan fingerprint density at radius 1 is 1.19 bits per heavy atom. The smallest absolute Gasteiger partial charge is 0.191 e. The Bertz CT molecular complexity index is 809. The summed E-state index contributed by atoms with van der Waals surface area (Å²) < 4.78 is 7.34. The Morgan fingerprint density at radius 2 is 1.97 bits per heavy atom. The molecule has 0 bridgehead atoms. The van der Waals surface area contributed by atoms with Gasteiger partial charge in [0.25, 0.3) is 0 Å². The van der Waals surface area contributed by atoms with Gasteiger partial charge in [-0.25, -0.2) is 0 Å². The molecular weight excluding hydrogens is 517 g/mol. The number of guanidine groups is 1. The van der Waals surface area contributed by atoms with Gasteiger partial charge < -0.3 is 19.9 Å². The minimum absolute atomic E-state index is 0. The van der Waals surface area contributed by atoms with Crippen molar-refractivity contribution in [2.24, 2.45) is 4.99 Å². The van der Waals surface area contributed by atoms with E-state index in [0.717, 1.165) is 63.1 Å². The molecule has 1 aromatic heterocycles. The average molecular weight is 556 g/mol. The number of aryl methyl sites for hydroxylation is 1. The maximum Gasteiger partial charge on any atom is 0.191 e. The Hall–Kier alpha value is -1.88. The molecule has 3 rings (SSSR count). The van der Waals surface area contributed by atoms with Crippen LogP contribution in [0.3, 0.4) is 0 Å². The summed E-state index contributed by atoms with van der Waals surface area (Å²) in [4.78, 5) is 7.45. The molecule has 9 heteroatoms. The van der Waals surface area contributed by atoms with Crippen LogP contribution < -0.4 is 15.4 Å². The maximum absolute atomic E-state index is 5.24. The monoisotopic (exact) mass is 555 g/mol. The molecule has 1 aromatic carbocycles. The average Bonchev–Trinajstić information content (AvgIpc) is 3.46. The zero-order valence-electron chi connectivity index (χ0n) is 19.6. The minimum Gasteiger partial charge on any atom is -0.497 e. The number of aliphatic imine (C=N–C) groups is 1. The van der Waals surface area contributed by atoms with Crippen molar-refractivity contribution in [2.75, 3.05) is 39.8 Å². The molecule has 0 spiro atoms. The van der Waals surface area contributed by atoms with Gasteiger partial charge in [-0.15, -0.1) is 34.2 Å². The molecule has 32 heavy (non-hydrogen) atoms. The van der Waals surface area contributed by atoms with Crippen LogP contribution in [0.25, 0.3) is 0 Å². The van der Waals surface area contributed by atoms with Gasteiger partial charge in [0.1, 0.15) is 17.9 Å². The van der Waals surface area contributed by atoms with Gasteiger partial charge in [0.15, 0.2) is 5.96 Å². The van der Waals surface area contributed by atoms with Crippen LogP contribution in [0.2, 0.25) is 0 Å². The Kier molecular flexibility index (Phi) is 11.8. The van der Waals surface area contributed by atoms with Gasteiger partial charge in [0, 0.05) is 32.1 Å². The first-order chi connectivity index (χ1) is 15.2. The van der Waals surface area contributed by atoms with Crippen molar-refractivity contribution in [1.82, 2.24) is 30.3 Å². The number of aromatic nitrogens is 3. The second-order valence-corrected chi connectivity index (χ2v) is 7.86. The van der Waals surface area contributed by atoms with Gasteiger partial charge in [0.2, 0.25) is 0 Å². The van der Waals surface area contributed by atoms with Crippen LogP contribution >= 0.6 is 24.0 Å². The SMILES string of the molecule is CCc1nncn1CCNC(=NCC1CCCN1CC)NCCc1ccc(OC)cc1.I. The van der Waals surface area contributed by atoms with E-state index in [1.165, 1.54) is 24.9 Å². The van der Waals surface area contributed by atoms with E-state index >= 15 is 0 Å². The van der Waals surface area contributed by atoms with E-state index in [1.54, 1.807) is 13.4 Å². The van der Waals surface area contributed by atoms with E-state index in [0.29, 0.717) is 6.04 Å². The lowest BCUT2D eigenvalue weighted by Gasteiger charge is -2.21. The third kappa shape index (κ3) is 7.91. The van der Waals surface area contributed by atoms with Crippen molar-refractivity contribution in [1.29, 1.82) is 0 Å². The first kappa shape index (κ1) is 26.4. The van der Waals surface area contributed by atoms with E-state index in [4.69, 9.17) is 9.73 Å². The van der Waals surface area contributed by atoms with Crippen molar-refractivity contribution in [3.63, 3.8) is 0 Å². The molecule has 0 aliphatic carbocycles. The standard InChI is InChI=1S/C23H37N7O.HI/c1-4-22-28-27-18-30(22)16-14-25-23(26-17-20-7-6-15-29(20)5-2)24-13-12-19-8-10-21(31-3)11-9-19;/h8-11,18,20H,4-7,12-17H2,1-3H3,(H2,24,25,26);1H. The summed E-state index contributed by atoms with van der Waals surface area (Å²) in [6.45, 7) is 9.88. The molecule has 0 saturated carbocycles. The van der Waals surface area contributed by atoms with Crippen LogP contribution in [0.4, 0.5) is 0 Å². The highest BCUT2D eigenvalue weighted by atomic mass is 127. The Balaban J connectivity index is 0.00000363. The highest BCUT2D eigenvalue weighted by Crippen LogP contribution is 2.16. The van der Waals surface area contributed by atoms with E-state index in [2.05, 4.69) is 56.3 Å². The molecule has 1 atom stereocenters. The van der Waals surface area contributed by atoms with Crippen LogP contribution in [-0.4, -0.2) is 71.5 Å². The summed E-state index contributed by atoms with van der Waals surface area (Å²) in [7, 11) is 1.69. The number of likely N-dealkylation sites (N-methyl/N-ethyl adjacent to an activating group) is 1. The normalized spacial score (nSPS) is 16.6. The molecule has 2 N–H and O–H groups in total. The number of nitrogens with one attached hydrogen (secondary N) is 2. The number of benzene rings is 1. The summed E-state index contributed by atoms with van der Waals surface area (Å²) >= 11 is 0. The summed E-state index contributed by atoms with van der Waals surface area (Å²) in [5.41, 5.74) is 1.28. The Labute approximate surface area is 209 Å². The number of hydrogen-bond donors (Lipinski definition) is 2. The topological polar surface area (TPSA) is 79.6 Å². The van der Waals surface area contributed by atoms with Crippen LogP contribution in [0, 0.1) is 0 Å². The number of hydrogen-bond acceptors (Lipinski definition) is 5. The largest absolute Gasteiger partial charge is 0.497 e. The zero-order chi connectivity index (χ0) is 21.9. The predicted octanol–water partition coefficient (Wildman–Crippen LogP) is 2.73. The lowest BCUT2D eigenvalue weighted by Crippen LogP contribution is -2.41. The van der Waals surface area contributed by atoms with Crippen molar-refractivity contribution >= 4 is 29.9 Å². The van der Waals surface area contributed by atoms with Gasteiger partial charge >= 0.3 is 0 Å². The highest BCUT2D eigenvalue weighted by Gasteiger charge is 2.22. The van der Waals surface area contributed by atoms with E-state index < -0.39 is 0 Å². The van der Waals surface area contributed by atoms with E-state index in [-0.39, 0.29) is 24.0 Å². The fourth-order valence-corrected chi connectivity index (χ4v) is 4.04. The molecule has 2 heterocycles. The Morgan fingerprint density at radius 3 is 2.69 bits per heavy atom. The number of likely N-dealkylation sites (tertiary alicyclic amines) is 1. The summed E-state index contributed by atoms with van der Waals surface area (Å²) in [6.07, 6.45) is 6.12. The number of rotatable bonds is 11. The summed E-state index contributed by atoms with van der Waals surface area (Å²) in [5.74, 6) is 2.78. The molecule has 1 aliphatic heterocycles. The molecular formula is C23H38IN7O. The van der Waals surface area contributed by atoms with Crippen molar-refractivity contribution < 1.29 is 4.74 Å². The lowest BCUT2D eigenvalue weighted by molar-refractivity contribution is 0.273. The van der Waals surface area contributed by atoms with Crippen molar-refractivity contribution in [2.45, 2.75) is 52.1 Å². The summed E-state index contributed by atoms with van der Waals surface area (Å²) in [5, 5.41) is 15.2. The second-order valence-electron chi connectivity index (χ2n) is 7.86. The van der Waals surface area contributed by atoms with Gasteiger partial charge in [-0.05, 0) is 50.0 Å². The lowest BCUT2D eigenvalue weighted by atomic mass is 10.1. The predicted molar refractivity (Wildman–Crippen MR) is 140 cm³/mol. The van der Waals surface area contributed by atoms with Gasteiger partial charge in [0.05, 0.1) is 13.7 Å². The van der Waals surface area contributed by atoms with E-state index in [1.807, 2.05) is 12.1 Å². The molecule has 1 fully saturated rings. The molecule has 178 valence electrons. The first-order valence-corrected chi connectivity index (χ1v) is 11.5. The zero-order valence-corrected chi connectivity index (χ0v) is 21.9. The molecule has 0 radical (unpaired) electrons. The third-order valence-electron chi connectivity index (χ3n) is 5.89. The molecule has 8 nitrogen and oxygen atoms in total.